The fraction of sp³-hybridized carbons (Fsp3) is 0.571. The van der Waals surface area contributed by atoms with Crippen LogP contribution in [0.4, 0.5) is 5.69 Å². The molecular weight excluding hydrogens is 328 g/mol. The standard InChI is InChI=1S/C21H28N2O3/c1-6-23(15-9-7-8-14(2)10-15)18(26)21(5)12-19(3)11-20(4,13-21)17(25)22-16(19)24/h7-10H,6,11-13H2,1-5H3,(H,22,24,25). The molecule has 3 rings (SSSR count). The summed E-state index contributed by atoms with van der Waals surface area (Å²) in [6.07, 6.45) is 1.41. The van der Waals surface area contributed by atoms with Crippen LogP contribution in [-0.2, 0) is 14.4 Å². The Labute approximate surface area is 155 Å². The van der Waals surface area contributed by atoms with Crippen LogP contribution >= 0.6 is 0 Å². The van der Waals surface area contributed by atoms with E-state index in [4.69, 9.17) is 0 Å². The first-order chi connectivity index (χ1) is 12.0. The first-order valence-electron chi connectivity index (χ1n) is 9.28. The molecule has 1 aliphatic carbocycles. The van der Waals surface area contributed by atoms with Gasteiger partial charge in [0.05, 0.1) is 0 Å². The zero-order valence-corrected chi connectivity index (χ0v) is 16.3. The number of nitrogens with one attached hydrogen (secondary N) is 1. The van der Waals surface area contributed by atoms with Gasteiger partial charge in [-0.05, 0) is 50.8 Å². The molecule has 0 spiro atoms. The van der Waals surface area contributed by atoms with Gasteiger partial charge in [0.15, 0.2) is 0 Å². The summed E-state index contributed by atoms with van der Waals surface area (Å²) >= 11 is 0. The Hall–Kier alpha value is -2.17. The molecule has 140 valence electrons. The zero-order chi connectivity index (χ0) is 19.3. The smallest absolute Gasteiger partial charge is 0.232 e. The molecule has 1 aromatic carbocycles. The summed E-state index contributed by atoms with van der Waals surface area (Å²) in [5, 5.41) is 2.52. The fourth-order valence-electron chi connectivity index (χ4n) is 5.21. The molecule has 1 aromatic rings. The van der Waals surface area contributed by atoms with Crippen LogP contribution in [0.2, 0.25) is 0 Å². The van der Waals surface area contributed by atoms with Gasteiger partial charge < -0.3 is 4.90 Å². The lowest BCUT2D eigenvalue weighted by Gasteiger charge is -2.54. The van der Waals surface area contributed by atoms with E-state index in [0.29, 0.717) is 25.8 Å². The molecule has 1 saturated heterocycles. The molecule has 1 aliphatic heterocycles. The van der Waals surface area contributed by atoms with E-state index in [1.807, 2.05) is 58.9 Å². The van der Waals surface area contributed by atoms with E-state index in [2.05, 4.69) is 5.32 Å². The van der Waals surface area contributed by atoms with E-state index >= 15 is 0 Å². The third-order valence-electron chi connectivity index (χ3n) is 6.06. The quantitative estimate of drug-likeness (QED) is 0.846. The number of benzene rings is 1. The number of rotatable bonds is 3. The Bertz CT molecular complexity index is 759. The van der Waals surface area contributed by atoms with Gasteiger partial charge in [-0.2, -0.15) is 0 Å². The lowest BCUT2D eigenvalue weighted by molar-refractivity contribution is -0.163. The number of aryl methyl sites for hydroxylation is 1. The van der Waals surface area contributed by atoms with Crippen LogP contribution in [0.1, 0.15) is 52.5 Å². The van der Waals surface area contributed by atoms with Gasteiger partial charge in [0.25, 0.3) is 0 Å². The maximum absolute atomic E-state index is 13.6. The van der Waals surface area contributed by atoms with E-state index in [9.17, 15) is 14.4 Å². The maximum Gasteiger partial charge on any atom is 0.232 e. The monoisotopic (exact) mass is 356 g/mol. The van der Waals surface area contributed by atoms with Gasteiger partial charge in [0, 0.05) is 28.5 Å². The van der Waals surface area contributed by atoms with Crippen LogP contribution in [0.3, 0.4) is 0 Å². The third kappa shape index (κ3) is 2.83. The van der Waals surface area contributed by atoms with Crippen LogP contribution in [0.5, 0.6) is 0 Å². The van der Waals surface area contributed by atoms with Crippen molar-refractivity contribution in [2.45, 2.75) is 53.9 Å². The maximum atomic E-state index is 13.6. The Morgan fingerprint density at radius 2 is 1.65 bits per heavy atom. The second-order valence-corrected chi connectivity index (χ2v) is 8.88. The summed E-state index contributed by atoms with van der Waals surface area (Å²) in [5.74, 6) is -0.514. The lowest BCUT2D eigenvalue weighted by atomic mass is 9.52. The minimum absolute atomic E-state index is 0.00903. The number of hydrogen-bond donors (Lipinski definition) is 1. The van der Waals surface area contributed by atoms with Crippen molar-refractivity contribution >= 4 is 23.4 Å². The summed E-state index contributed by atoms with van der Waals surface area (Å²) in [4.78, 5) is 40.3. The summed E-state index contributed by atoms with van der Waals surface area (Å²) < 4.78 is 0. The molecule has 2 aliphatic rings. The van der Waals surface area contributed by atoms with Crippen molar-refractivity contribution in [2.75, 3.05) is 11.4 Å². The minimum atomic E-state index is -0.755. The molecule has 2 bridgehead atoms. The number of fused-ring (bicyclic) bond motifs is 2. The van der Waals surface area contributed by atoms with Gasteiger partial charge in [-0.3, -0.25) is 19.7 Å². The van der Waals surface area contributed by atoms with Crippen molar-refractivity contribution in [3.8, 4) is 0 Å². The Balaban J connectivity index is 2.00. The summed E-state index contributed by atoms with van der Waals surface area (Å²) in [6.45, 7) is 10.2. The van der Waals surface area contributed by atoms with Crippen molar-refractivity contribution in [3.63, 3.8) is 0 Å². The number of piperidine rings is 1. The SMILES string of the molecule is CCN(C(=O)C1(C)CC2(C)CC(C)(C1)C(=O)NC2=O)c1cccc(C)c1. The van der Waals surface area contributed by atoms with E-state index in [-0.39, 0.29) is 17.7 Å². The lowest BCUT2D eigenvalue weighted by Crippen LogP contribution is -2.64. The van der Waals surface area contributed by atoms with E-state index in [1.165, 1.54) is 0 Å². The van der Waals surface area contributed by atoms with Crippen molar-refractivity contribution in [1.29, 1.82) is 0 Å². The first-order valence-corrected chi connectivity index (χ1v) is 9.28. The predicted molar refractivity (Wildman–Crippen MR) is 101 cm³/mol. The molecule has 1 heterocycles. The second kappa shape index (κ2) is 5.93. The van der Waals surface area contributed by atoms with Crippen molar-refractivity contribution in [3.05, 3.63) is 29.8 Å². The van der Waals surface area contributed by atoms with Gasteiger partial charge in [-0.25, -0.2) is 0 Å². The molecule has 26 heavy (non-hydrogen) atoms. The number of carbonyl (C=O) groups is 3. The topological polar surface area (TPSA) is 66.5 Å². The van der Waals surface area contributed by atoms with Gasteiger partial charge >= 0.3 is 0 Å². The van der Waals surface area contributed by atoms with E-state index in [1.54, 1.807) is 4.90 Å². The van der Waals surface area contributed by atoms with Gasteiger partial charge in [-0.1, -0.05) is 32.9 Å². The Kier molecular flexibility index (Phi) is 4.25. The zero-order valence-electron chi connectivity index (χ0n) is 16.3. The molecule has 5 heteroatoms. The molecule has 2 unspecified atom stereocenters. The molecule has 0 aromatic heterocycles. The van der Waals surface area contributed by atoms with Gasteiger partial charge in [0.1, 0.15) is 0 Å². The van der Waals surface area contributed by atoms with E-state index < -0.39 is 16.2 Å². The Morgan fingerprint density at radius 1 is 1.08 bits per heavy atom. The average molecular weight is 356 g/mol. The Morgan fingerprint density at radius 3 is 2.15 bits per heavy atom. The molecule has 2 atom stereocenters. The van der Waals surface area contributed by atoms with Crippen LogP contribution < -0.4 is 10.2 Å². The highest BCUT2D eigenvalue weighted by Gasteiger charge is 2.61. The largest absolute Gasteiger partial charge is 0.312 e. The third-order valence-corrected chi connectivity index (χ3v) is 6.06. The molecule has 5 nitrogen and oxygen atoms in total. The molecule has 3 amide bonds. The highest BCUT2D eigenvalue weighted by Crippen LogP contribution is 2.57. The first kappa shape index (κ1) is 18.6. The number of imide groups is 1. The summed E-state index contributed by atoms with van der Waals surface area (Å²) in [6, 6.07) is 7.87. The summed E-state index contributed by atoms with van der Waals surface area (Å²) in [5.41, 5.74) is -0.197. The average Bonchev–Trinajstić information content (AvgIpc) is 2.53. The molecule has 0 radical (unpaired) electrons. The predicted octanol–water partition coefficient (Wildman–Crippen LogP) is 3.21. The second-order valence-electron chi connectivity index (χ2n) is 8.88. The number of anilines is 1. The van der Waals surface area contributed by atoms with Gasteiger partial charge in [0.2, 0.25) is 17.7 Å². The number of hydrogen-bond acceptors (Lipinski definition) is 3. The van der Waals surface area contributed by atoms with Crippen LogP contribution in [0, 0.1) is 23.2 Å². The van der Waals surface area contributed by atoms with Crippen LogP contribution in [0.25, 0.3) is 0 Å². The number of nitrogens with zero attached hydrogens (tertiary/aromatic N) is 1. The van der Waals surface area contributed by atoms with Crippen molar-refractivity contribution in [2.24, 2.45) is 16.2 Å². The molecule has 2 fully saturated rings. The molecular formula is C21H28N2O3. The highest BCUT2D eigenvalue weighted by molar-refractivity contribution is 6.06. The van der Waals surface area contributed by atoms with Crippen LogP contribution in [0.15, 0.2) is 24.3 Å². The molecule has 1 N–H and O–H groups in total. The van der Waals surface area contributed by atoms with E-state index in [0.717, 1.165) is 11.3 Å². The minimum Gasteiger partial charge on any atom is -0.312 e. The van der Waals surface area contributed by atoms with Crippen LogP contribution in [-0.4, -0.2) is 24.3 Å². The fourth-order valence-corrected chi connectivity index (χ4v) is 5.21. The number of amides is 3. The summed E-state index contributed by atoms with van der Waals surface area (Å²) in [7, 11) is 0. The number of carbonyl (C=O) groups excluding carboxylic acids is 3. The highest BCUT2D eigenvalue weighted by atomic mass is 16.2. The van der Waals surface area contributed by atoms with Crippen molar-refractivity contribution < 1.29 is 14.4 Å². The molecule has 1 saturated carbocycles. The normalized spacial score (nSPS) is 33.6. The van der Waals surface area contributed by atoms with Crippen molar-refractivity contribution in [1.82, 2.24) is 5.32 Å². The van der Waals surface area contributed by atoms with Gasteiger partial charge in [-0.15, -0.1) is 0 Å².